The van der Waals surface area contributed by atoms with E-state index in [-0.39, 0.29) is 0 Å². The van der Waals surface area contributed by atoms with Gasteiger partial charge in [-0.15, -0.1) is 0 Å². The van der Waals surface area contributed by atoms with E-state index in [9.17, 15) is 0 Å². The molecule has 1 N–H and O–H groups in total. The summed E-state index contributed by atoms with van der Waals surface area (Å²) in [6, 6.07) is 9.96. The smallest absolute Gasteiger partial charge is 0.0136 e. The Kier molecular flexibility index (Phi) is 3.93. The zero-order valence-electron chi connectivity index (χ0n) is 12.4. The second kappa shape index (κ2) is 5.66. The minimum absolute atomic E-state index is 0.699. The molecule has 0 amide bonds. The highest BCUT2D eigenvalue weighted by Crippen LogP contribution is 2.55. The van der Waals surface area contributed by atoms with Crippen LogP contribution in [0.5, 0.6) is 0 Å². The Balaban J connectivity index is 1.62. The molecule has 2 aliphatic rings. The number of hydrogen-bond donors (Lipinski definition) is 1. The van der Waals surface area contributed by atoms with Gasteiger partial charge in [-0.1, -0.05) is 38.1 Å². The Morgan fingerprint density at radius 1 is 1.00 bits per heavy atom. The van der Waals surface area contributed by atoms with E-state index in [1.165, 1.54) is 36.8 Å². The van der Waals surface area contributed by atoms with Gasteiger partial charge in [-0.2, -0.15) is 0 Å². The standard InChI is InChI=1S/C18H27N/c1-3-13-5-7-14(8-6-13)9-18(19-4-2)17-11-15-10-16(15)12-17/h5-8,15-19H,3-4,9-12H2,1-2H3. The van der Waals surface area contributed by atoms with Crippen LogP contribution in [0.25, 0.3) is 0 Å². The fraction of sp³-hybridized carbons (Fsp3) is 0.667. The van der Waals surface area contributed by atoms with Crippen LogP contribution in [0.3, 0.4) is 0 Å². The van der Waals surface area contributed by atoms with Gasteiger partial charge in [-0.05, 0) is 67.5 Å². The fourth-order valence-corrected chi connectivity index (χ4v) is 3.92. The van der Waals surface area contributed by atoms with E-state index in [0.29, 0.717) is 6.04 Å². The fourth-order valence-electron chi connectivity index (χ4n) is 3.92. The summed E-state index contributed by atoms with van der Waals surface area (Å²) in [5.41, 5.74) is 2.95. The molecule has 0 saturated heterocycles. The molecule has 0 aromatic heterocycles. The zero-order valence-corrected chi connectivity index (χ0v) is 12.4. The van der Waals surface area contributed by atoms with Crippen molar-refractivity contribution in [1.29, 1.82) is 0 Å². The lowest BCUT2D eigenvalue weighted by atomic mass is 9.89. The monoisotopic (exact) mass is 257 g/mol. The number of aryl methyl sites for hydroxylation is 1. The van der Waals surface area contributed by atoms with Crippen molar-refractivity contribution in [2.45, 2.75) is 52.0 Å². The third-order valence-corrected chi connectivity index (χ3v) is 5.20. The van der Waals surface area contributed by atoms with Crippen LogP contribution in [0.15, 0.2) is 24.3 Å². The molecule has 0 heterocycles. The van der Waals surface area contributed by atoms with Gasteiger partial charge in [0.2, 0.25) is 0 Å². The molecule has 0 radical (unpaired) electrons. The molecule has 1 heteroatoms. The molecule has 3 unspecified atom stereocenters. The number of hydrogen-bond acceptors (Lipinski definition) is 1. The van der Waals surface area contributed by atoms with Crippen LogP contribution in [-0.2, 0) is 12.8 Å². The third kappa shape index (κ3) is 3.02. The number of likely N-dealkylation sites (N-methyl/N-ethyl adjacent to an activating group) is 1. The summed E-state index contributed by atoms with van der Waals surface area (Å²) in [7, 11) is 0. The summed E-state index contributed by atoms with van der Waals surface area (Å²) in [6.45, 7) is 5.56. The van der Waals surface area contributed by atoms with Gasteiger partial charge in [-0.25, -0.2) is 0 Å². The number of benzene rings is 1. The normalized spacial score (nSPS) is 30.1. The Bertz CT molecular complexity index is 398. The first-order valence-electron chi connectivity index (χ1n) is 8.11. The van der Waals surface area contributed by atoms with Crippen molar-refractivity contribution >= 4 is 0 Å². The highest BCUT2D eigenvalue weighted by atomic mass is 14.9. The Morgan fingerprint density at radius 2 is 1.63 bits per heavy atom. The van der Waals surface area contributed by atoms with E-state index in [0.717, 1.165) is 30.7 Å². The molecular formula is C18H27N. The van der Waals surface area contributed by atoms with Crippen LogP contribution in [0.2, 0.25) is 0 Å². The van der Waals surface area contributed by atoms with E-state index in [1.807, 2.05) is 0 Å². The van der Waals surface area contributed by atoms with Crippen molar-refractivity contribution < 1.29 is 0 Å². The van der Waals surface area contributed by atoms with Gasteiger partial charge in [0.05, 0.1) is 0 Å². The lowest BCUT2D eigenvalue weighted by Crippen LogP contribution is -2.37. The molecule has 0 bridgehead atoms. The second-order valence-electron chi connectivity index (χ2n) is 6.53. The largest absolute Gasteiger partial charge is 0.314 e. The summed E-state index contributed by atoms with van der Waals surface area (Å²) >= 11 is 0. The van der Waals surface area contributed by atoms with E-state index in [4.69, 9.17) is 0 Å². The first-order chi connectivity index (χ1) is 9.30. The zero-order chi connectivity index (χ0) is 13.2. The number of rotatable bonds is 6. The topological polar surface area (TPSA) is 12.0 Å². The first-order valence-corrected chi connectivity index (χ1v) is 8.11. The molecule has 0 spiro atoms. The number of fused-ring (bicyclic) bond motifs is 1. The molecule has 3 atom stereocenters. The van der Waals surface area contributed by atoms with Gasteiger partial charge in [0.1, 0.15) is 0 Å². The van der Waals surface area contributed by atoms with Crippen molar-refractivity contribution in [2.24, 2.45) is 17.8 Å². The van der Waals surface area contributed by atoms with Crippen molar-refractivity contribution in [3.05, 3.63) is 35.4 Å². The van der Waals surface area contributed by atoms with Crippen LogP contribution < -0.4 is 5.32 Å². The van der Waals surface area contributed by atoms with Crippen molar-refractivity contribution in [1.82, 2.24) is 5.32 Å². The van der Waals surface area contributed by atoms with Crippen LogP contribution >= 0.6 is 0 Å². The Hall–Kier alpha value is -0.820. The molecule has 2 saturated carbocycles. The van der Waals surface area contributed by atoms with Gasteiger partial charge in [0.15, 0.2) is 0 Å². The summed E-state index contributed by atoms with van der Waals surface area (Å²) in [4.78, 5) is 0. The SMILES string of the molecule is CCNC(Cc1ccc(CC)cc1)C1CC2CC2C1. The third-order valence-electron chi connectivity index (χ3n) is 5.20. The average molecular weight is 257 g/mol. The Labute approximate surface area is 117 Å². The summed E-state index contributed by atoms with van der Waals surface area (Å²) in [5.74, 6) is 3.11. The van der Waals surface area contributed by atoms with Crippen LogP contribution in [0.4, 0.5) is 0 Å². The van der Waals surface area contributed by atoms with Crippen LogP contribution in [0, 0.1) is 17.8 Å². The molecule has 2 fully saturated rings. The quantitative estimate of drug-likeness (QED) is 0.817. The Morgan fingerprint density at radius 3 is 2.21 bits per heavy atom. The van der Waals surface area contributed by atoms with Crippen molar-refractivity contribution in [2.75, 3.05) is 6.54 Å². The van der Waals surface area contributed by atoms with E-state index >= 15 is 0 Å². The molecule has 0 aliphatic heterocycles. The number of nitrogens with one attached hydrogen (secondary N) is 1. The highest BCUT2D eigenvalue weighted by molar-refractivity contribution is 5.23. The van der Waals surface area contributed by atoms with Crippen LogP contribution in [-0.4, -0.2) is 12.6 Å². The molecule has 1 aromatic carbocycles. The van der Waals surface area contributed by atoms with E-state index < -0.39 is 0 Å². The maximum Gasteiger partial charge on any atom is 0.0136 e. The molecule has 19 heavy (non-hydrogen) atoms. The predicted octanol–water partition coefficient (Wildman–Crippen LogP) is 3.82. The molecule has 104 valence electrons. The molecule has 1 aromatic rings. The molecule has 2 aliphatic carbocycles. The highest BCUT2D eigenvalue weighted by Gasteiger charge is 2.47. The summed E-state index contributed by atoms with van der Waals surface area (Å²) in [6.07, 6.45) is 6.84. The van der Waals surface area contributed by atoms with Gasteiger partial charge in [0.25, 0.3) is 0 Å². The lowest BCUT2D eigenvalue weighted by molar-refractivity contribution is 0.337. The molecule has 3 rings (SSSR count). The van der Waals surface area contributed by atoms with Gasteiger partial charge in [-0.3, -0.25) is 0 Å². The van der Waals surface area contributed by atoms with Crippen molar-refractivity contribution in [3.8, 4) is 0 Å². The van der Waals surface area contributed by atoms with E-state index in [2.05, 4.69) is 43.4 Å². The molecular weight excluding hydrogens is 230 g/mol. The lowest BCUT2D eigenvalue weighted by Gasteiger charge is -2.26. The maximum absolute atomic E-state index is 3.74. The van der Waals surface area contributed by atoms with Gasteiger partial charge in [0, 0.05) is 6.04 Å². The second-order valence-corrected chi connectivity index (χ2v) is 6.53. The summed E-state index contributed by atoms with van der Waals surface area (Å²) < 4.78 is 0. The maximum atomic E-state index is 3.74. The van der Waals surface area contributed by atoms with Gasteiger partial charge >= 0.3 is 0 Å². The van der Waals surface area contributed by atoms with Crippen LogP contribution in [0.1, 0.15) is 44.2 Å². The molecule has 1 nitrogen and oxygen atoms in total. The summed E-state index contributed by atoms with van der Waals surface area (Å²) in [5, 5.41) is 3.74. The van der Waals surface area contributed by atoms with E-state index in [1.54, 1.807) is 0 Å². The van der Waals surface area contributed by atoms with Crippen molar-refractivity contribution in [3.63, 3.8) is 0 Å². The minimum atomic E-state index is 0.699. The van der Waals surface area contributed by atoms with Gasteiger partial charge < -0.3 is 5.32 Å². The average Bonchev–Trinajstić information content (AvgIpc) is 3.05. The first kappa shape index (κ1) is 13.2. The minimum Gasteiger partial charge on any atom is -0.314 e. The predicted molar refractivity (Wildman–Crippen MR) is 81.3 cm³/mol.